The van der Waals surface area contributed by atoms with Gasteiger partial charge in [-0.1, -0.05) is 6.07 Å². The quantitative estimate of drug-likeness (QED) is 0.667. The van der Waals surface area contributed by atoms with Crippen LogP contribution in [-0.2, 0) is 14.3 Å². The van der Waals surface area contributed by atoms with Gasteiger partial charge in [0.15, 0.2) is 5.78 Å². The van der Waals surface area contributed by atoms with Gasteiger partial charge in [-0.25, -0.2) is 9.78 Å². The lowest BCUT2D eigenvalue weighted by atomic mass is 9.78. The Labute approximate surface area is 181 Å². The summed E-state index contributed by atoms with van der Waals surface area (Å²) in [5.74, 6) is -0.135. The van der Waals surface area contributed by atoms with Gasteiger partial charge in [-0.3, -0.25) is 9.69 Å². The van der Waals surface area contributed by atoms with Gasteiger partial charge in [-0.15, -0.1) is 11.3 Å². The lowest BCUT2D eigenvalue weighted by molar-refractivity contribution is -0.138. The maximum absolute atomic E-state index is 13.1. The number of ketones is 1. The molecule has 0 bridgehead atoms. The number of aromatic nitrogens is 1. The van der Waals surface area contributed by atoms with Crippen LogP contribution in [0.3, 0.4) is 0 Å². The molecule has 1 aliphatic carbocycles. The molecule has 2 aromatic rings. The summed E-state index contributed by atoms with van der Waals surface area (Å²) >= 11 is 4.89. The summed E-state index contributed by atoms with van der Waals surface area (Å²) in [5.41, 5.74) is 8.33. The molecule has 8 heteroatoms. The van der Waals surface area contributed by atoms with Gasteiger partial charge < -0.3 is 10.5 Å². The first-order valence-corrected chi connectivity index (χ1v) is 11.1. The minimum Gasteiger partial charge on any atom is -0.463 e. The van der Waals surface area contributed by atoms with Crippen LogP contribution < -0.4 is 10.6 Å². The summed E-state index contributed by atoms with van der Waals surface area (Å²) in [6.45, 7) is 1.98. The molecule has 0 saturated carbocycles. The van der Waals surface area contributed by atoms with Crippen molar-refractivity contribution in [2.75, 3.05) is 11.5 Å². The summed E-state index contributed by atoms with van der Waals surface area (Å²) in [6.07, 6.45) is 3.56. The normalized spacial score (nSPS) is 19.4. The second-order valence-corrected chi connectivity index (χ2v) is 8.67. The Kier molecular flexibility index (Phi) is 5.56. The van der Waals surface area contributed by atoms with Crippen molar-refractivity contribution in [3.63, 3.8) is 0 Å². The second kappa shape index (κ2) is 8.12. The Morgan fingerprint density at radius 2 is 2.21 bits per heavy atom. The number of anilines is 1. The van der Waals surface area contributed by atoms with E-state index < -0.39 is 11.9 Å². The van der Waals surface area contributed by atoms with Crippen LogP contribution in [0.4, 0.5) is 5.82 Å². The summed E-state index contributed by atoms with van der Waals surface area (Å²) in [6, 6.07) is 7.52. The van der Waals surface area contributed by atoms with E-state index >= 15 is 0 Å². The molecule has 0 radical (unpaired) electrons. The molecule has 2 aliphatic rings. The van der Waals surface area contributed by atoms with Crippen molar-refractivity contribution >= 4 is 44.8 Å². The molecular weight excluding hydrogens is 454 g/mol. The number of ether oxygens (including phenoxy) is 1. The van der Waals surface area contributed by atoms with Crippen LogP contribution >= 0.6 is 27.3 Å². The van der Waals surface area contributed by atoms with Crippen LogP contribution in [0, 0.1) is 0 Å². The minimum atomic E-state index is -0.511. The van der Waals surface area contributed by atoms with E-state index in [9.17, 15) is 9.59 Å². The average molecular weight is 474 g/mol. The number of hydrogen-bond donors (Lipinski definition) is 1. The number of hydrogen-bond acceptors (Lipinski definition) is 7. The zero-order chi connectivity index (χ0) is 20.5. The summed E-state index contributed by atoms with van der Waals surface area (Å²) in [4.78, 5) is 33.2. The van der Waals surface area contributed by atoms with Gasteiger partial charge in [0.1, 0.15) is 11.6 Å². The van der Waals surface area contributed by atoms with Crippen molar-refractivity contribution < 1.29 is 14.3 Å². The summed E-state index contributed by atoms with van der Waals surface area (Å²) in [5, 5.41) is 1.94. The van der Waals surface area contributed by atoms with E-state index in [0.29, 0.717) is 29.8 Å². The van der Waals surface area contributed by atoms with Crippen LogP contribution in [0.25, 0.3) is 0 Å². The van der Waals surface area contributed by atoms with Crippen molar-refractivity contribution in [2.45, 2.75) is 32.1 Å². The maximum Gasteiger partial charge on any atom is 0.338 e. The van der Waals surface area contributed by atoms with Crippen LogP contribution in [0.5, 0.6) is 0 Å². The molecule has 6 nitrogen and oxygen atoms in total. The Balaban J connectivity index is 1.97. The predicted octanol–water partition coefficient (Wildman–Crippen LogP) is 4.25. The molecule has 0 amide bonds. The highest BCUT2D eigenvalue weighted by Crippen LogP contribution is 2.47. The largest absolute Gasteiger partial charge is 0.463 e. The first kappa shape index (κ1) is 19.8. The number of carbonyl (C=O) groups is 2. The number of halogens is 1. The topological polar surface area (TPSA) is 85.5 Å². The highest BCUT2D eigenvalue weighted by atomic mass is 79.9. The van der Waals surface area contributed by atoms with E-state index in [-0.39, 0.29) is 18.2 Å². The van der Waals surface area contributed by atoms with Gasteiger partial charge in [-0.2, -0.15) is 0 Å². The van der Waals surface area contributed by atoms with Crippen molar-refractivity contribution in [3.8, 4) is 0 Å². The van der Waals surface area contributed by atoms with Crippen LogP contribution in [-0.4, -0.2) is 23.3 Å². The highest BCUT2D eigenvalue weighted by molar-refractivity contribution is 9.10. The van der Waals surface area contributed by atoms with Crippen molar-refractivity contribution in [2.24, 2.45) is 5.73 Å². The van der Waals surface area contributed by atoms with Gasteiger partial charge >= 0.3 is 5.97 Å². The van der Waals surface area contributed by atoms with Crippen LogP contribution in [0.1, 0.15) is 37.0 Å². The van der Waals surface area contributed by atoms with Gasteiger partial charge in [0.2, 0.25) is 0 Å². The van der Waals surface area contributed by atoms with Gasteiger partial charge in [0, 0.05) is 33.2 Å². The van der Waals surface area contributed by atoms with Gasteiger partial charge in [-0.05, 0) is 59.3 Å². The highest BCUT2D eigenvalue weighted by Gasteiger charge is 2.43. The fraction of sp³-hybridized carbons (Fsp3) is 0.286. The number of allylic oxidation sites excluding steroid dienone is 2. The maximum atomic E-state index is 13.1. The number of rotatable bonds is 4. The van der Waals surface area contributed by atoms with Crippen LogP contribution in [0.15, 0.2) is 63.0 Å². The van der Waals surface area contributed by atoms with Gasteiger partial charge in [0.05, 0.1) is 18.1 Å². The zero-order valence-electron chi connectivity index (χ0n) is 15.9. The number of pyridine rings is 1. The molecule has 1 atom stereocenters. The van der Waals surface area contributed by atoms with E-state index in [0.717, 1.165) is 21.5 Å². The minimum absolute atomic E-state index is 0.0426. The Bertz CT molecular complexity index is 1010. The monoisotopic (exact) mass is 473 g/mol. The van der Waals surface area contributed by atoms with E-state index in [1.54, 1.807) is 18.0 Å². The smallest absolute Gasteiger partial charge is 0.338 e. The molecule has 0 saturated heterocycles. The van der Waals surface area contributed by atoms with Crippen molar-refractivity contribution in [1.82, 2.24) is 4.98 Å². The number of carbonyl (C=O) groups excluding carboxylic acids is 2. The molecule has 150 valence electrons. The number of esters is 1. The number of nitrogens with two attached hydrogens (primary N) is 1. The fourth-order valence-electron chi connectivity index (χ4n) is 3.90. The third-order valence-corrected chi connectivity index (χ3v) is 6.46. The SMILES string of the molecule is CCOC(=O)C1=C(N)N(c2ccc(Br)cn2)C2=C(C(=O)CCC2)C1c1cccs1. The molecular formula is C21H20BrN3O3S. The summed E-state index contributed by atoms with van der Waals surface area (Å²) < 4.78 is 6.17. The molecule has 2 N–H and O–H groups in total. The Hall–Kier alpha value is -2.45. The standard InChI is InChI=1S/C21H20BrN3O3S/c1-2-28-21(27)19-18(15-7-4-10-29-15)17-13(5-3-6-14(17)26)25(20(19)23)16-9-8-12(22)11-24-16/h4,7-11,18H,2-3,5-6,23H2,1H3. The van der Waals surface area contributed by atoms with Crippen LogP contribution in [0.2, 0.25) is 0 Å². The molecule has 3 heterocycles. The fourth-order valence-corrected chi connectivity index (χ4v) is 4.98. The van der Waals surface area contributed by atoms with Crippen molar-refractivity contribution in [3.05, 3.63) is 67.9 Å². The Morgan fingerprint density at radius 1 is 1.38 bits per heavy atom. The first-order chi connectivity index (χ1) is 14.0. The molecule has 4 rings (SSSR count). The Morgan fingerprint density at radius 3 is 2.86 bits per heavy atom. The third kappa shape index (κ3) is 3.51. The molecule has 0 fully saturated rings. The molecule has 29 heavy (non-hydrogen) atoms. The molecule has 1 aliphatic heterocycles. The van der Waals surface area contributed by atoms with E-state index in [1.165, 1.54) is 11.3 Å². The molecule has 2 aromatic heterocycles. The predicted molar refractivity (Wildman–Crippen MR) is 115 cm³/mol. The number of Topliss-reactive ketones (excluding diaryl/α,β-unsaturated/α-hetero) is 1. The van der Waals surface area contributed by atoms with E-state index in [1.807, 2.05) is 29.6 Å². The number of thiophene rings is 1. The van der Waals surface area contributed by atoms with Gasteiger partial charge in [0.25, 0.3) is 0 Å². The van der Waals surface area contributed by atoms with E-state index in [4.69, 9.17) is 10.5 Å². The second-order valence-electron chi connectivity index (χ2n) is 6.77. The van der Waals surface area contributed by atoms with E-state index in [2.05, 4.69) is 20.9 Å². The summed E-state index contributed by atoms with van der Waals surface area (Å²) in [7, 11) is 0. The first-order valence-electron chi connectivity index (χ1n) is 9.41. The third-order valence-electron chi connectivity index (χ3n) is 5.06. The molecule has 0 aromatic carbocycles. The zero-order valence-corrected chi connectivity index (χ0v) is 18.3. The molecule has 1 unspecified atom stereocenters. The lowest BCUT2D eigenvalue weighted by Crippen LogP contribution is -2.41. The average Bonchev–Trinajstić information content (AvgIpc) is 3.23. The van der Waals surface area contributed by atoms with Crippen molar-refractivity contribution in [1.29, 1.82) is 0 Å². The lowest BCUT2D eigenvalue weighted by Gasteiger charge is -2.39. The number of nitrogens with zero attached hydrogens (tertiary/aromatic N) is 2. The molecule has 0 spiro atoms.